The zero-order valence-electron chi connectivity index (χ0n) is 11.4. The smallest absolute Gasteiger partial charge is 0.209 e. The van der Waals surface area contributed by atoms with Crippen molar-refractivity contribution in [2.45, 2.75) is 5.16 Å². The van der Waals surface area contributed by atoms with Crippen molar-refractivity contribution < 1.29 is 9.53 Å². The number of pyridine rings is 1. The van der Waals surface area contributed by atoms with Gasteiger partial charge in [-0.3, -0.25) is 5.10 Å². The normalized spacial score (nSPS) is 15.1. The van der Waals surface area contributed by atoms with Gasteiger partial charge in [-0.15, -0.1) is 5.10 Å². The Morgan fingerprint density at radius 1 is 1.38 bits per heavy atom. The molecule has 7 nitrogen and oxygen atoms in total. The lowest BCUT2D eigenvalue weighted by Gasteiger charge is -2.27. The number of carbonyl (C=O) groups excluding carboxylic acids is 1. The van der Waals surface area contributed by atoms with Crippen LogP contribution in [0.2, 0.25) is 0 Å². The van der Waals surface area contributed by atoms with Gasteiger partial charge in [0.15, 0.2) is 5.82 Å². The third kappa shape index (κ3) is 3.40. The van der Waals surface area contributed by atoms with E-state index in [-0.39, 0.29) is 0 Å². The SMILES string of the molecule is O=CCSc1n[nH]c(-c2ccc(N3CCOCC3)nc2)n1. The number of morpholine rings is 1. The molecular formula is C13H15N5O2S. The van der Waals surface area contributed by atoms with Crippen molar-refractivity contribution in [2.75, 3.05) is 37.0 Å². The summed E-state index contributed by atoms with van der Waals surface area (Å²) in [5, 5.41) is 7.48. The molecule has 0 radical (unpaired) electrons. The summed E-state index contributed by atoms with van der Waals surface area (Å²) in [5.74, 6) is 1.95. The highest BCUT2D eigenvalue weighted by molar-refractivity contribution is 7.99. The van der Waals surface area contributed by atoms with Gasteiger partial charge in [0.25, 0.3) is 0 Å². The first-order valence-corrected chi connectivity index (χ1v) is 7.63. The lowest BCUT2D eigenvalue weighted by atomic mass is 10.2. The van der Waals surface area contributed by atoms with E-state index < -0.39 is 0 Å². The molecule has 0 saturated carbocycles. The van der Waals surface area contributed by atoms with Crippen molar-refractivity contribution in [1.29, 1.82) is 0 Å². The zero-order valence-corrected chi connectivity index (χ0v) is 12.2. The number of nitrogens with zero attached hydrogens (tertiary/aromatic N) is 4. The van der Waals surface area contributed by atoms with E-state index in [1.165, 1.54) is 11.8 Å². The van der Waals surface area contributed by atoms with Gasteiger partial charge in [0, 0.05) is 24.8 Å². The van der Waals surface area contributed by atoms with E-state index in [0.717, 1.165) is 44.0 Å². The zero-order chi connectivity index (χ0) is 14.5. The van der Waals surface area contributed by atoms with Gasteiger partial charge >= 0.3 is 0 Å². The molecule has 0 spiro atoms. The van der Waals surface area contributed by atoms with E-state index in [1.807, 2.05) is 12.1 Å². The lowest BCUT2D eigenvalue weighted by Crippen LogP contribution is -2.36. The summed E-state index contributed by atoms with van der Waals surface area (Å²) < 4.78 is 5.33. The number of nitrogens with one attached hydrogen (secondary N) is 1. The van der Waals surface area contributed by atoms with Gasteiger partial charge in [0.05, 0.1) is 19.0 Å². The van der Waals surface area contributed by atoms with E-state index in [2.05, 4.69) is 25.1 Å². The van der Waals surface area contributed by atoms with Gasteiger partial charge in [-0.1, -0.05) is 11.8 Å². The van der Waals surface area contributed by atoms with Crippen LogP contribution < -0.4 is 4.90 Å². The van der Waals surface area contributed by atoms with Gasteiger partial charge in [-0.2, -0.15) is 0 Å². The Hall–Kier alpha value is -1.93. The first kappa shape index (κ1) is 14.0. The fourth-order valence-corrected chi connectivity index (χ4v) is 2.54. The Bertz CT molecular complexity index is 595. The third-order valence-electron chi connectivity index (χ3n) is 3.10. The Balaban J connectivity index is 1.71. The highest BCUT2D eigenvalue weighted by atomic mass is 32.2. The average molecular weight is 305 g/mol. The molecule has 1 N–H and O–H groups in total. The molecule has 1 saturated heterocycles. The van der Waals surface area contributed by atoms with E-state index in [0.29, 0.717) is 16.7 Å². The Morgan fingerprint density at radius 2 is 2.24 bits per heavy atom. The molecular weight excluding hydrogens is 290 g/mol. The molecule has 2 aromatic rings. The molecule has 0 atom stereocenters. The molecule has 0 unspecified atom stereocenters. The Labute approximate surface area is 126 Å². The fraction of sp³-hybridized carbons (Fsp3) is 0.385. The predicted octanol–water partition coefficient (Wildman–Crippen LogP) is 0.994. The Kier molecular flexibility index (Phi) is 4.46. The molecule has 3 rings (SSSR count). The topological polar surface area (TPSA) is 84.0 Å². The number of thioether (sulfide) groups is 1. The van der Waals surface area contributed by atoms with Crippen LogP contribution in [0.5, 0.6) is 0 Å². The number of anilines is 1. The largest absolute Gasteiger partial charge is 0.378 e. The fourth-order valence-electron chi connectivity index (χ4n) is 2.05. The molecule has 21 heavy (non-hydrogen) atoms. The van der Waals surface area contributed by atoms with Gasteiger partial charge in [0.2, 0.25) is 5.16 Å². The number of carbonyl (C=O) groups is 1. The predicted molar refractivity (Wildman–Crippen MR) is 79.4 cm³/mol. The summed E-state index contributed by atoms with van der Waals surface area (Å²) >= 11 is 1.30. The maximum atomic E-state index is 10.3. The first-order valence-electron chi connectivity index (χ1n) is 6.65. The van der Waals surface area contributed by atoms with Crippen molar-refractivity contribution in [1.82, 2.24) is 20.2 Å². The summed E-state index contributed by atoms with van der Waals surface area (Å²) in [4.78, 5) is 21.3. The maximum Gasteiger partial charge on any atom is 0.209 e. The number of rotatable bonds is 5. The number of ether oxygens (including phenoxy) is 1. The number of aromatic amines is 1. The molecule has 8 heteroatoms. The van der Waals surface area contributed by atoms with Crippen molar-refractivity contribution in [2.24, 2.45) is 0 Å². The molecule has 1 fully saturated rings. The number of H-pyrrole nitrogens is 1. The number of aldehydes is 1. The molecule has 0 aliphatic carbocycles. The van der Waals surface area contributed by atoms with Crippen LogP contribution in [-0.2, 0) is 9.53 Å². The minimum Gasteiger partial charge on any atom is -0.378 e. The molecule has 110 valence electrons. The highest BCUT2D eigenvalue weighted by Crippen LogP contribution is 2.20. The van der Waals surface area contributed by atoms with Crippen LogP contribution in [0.15, 0.2) is 23.5 Å². The average Bonchev–Trinajstić information content (AvgIpc) is 3.03. The van der Waals surface area contributed by atoms with Crippen molar-refractivity contribution >= 4 is 23.9 Å². The number of hydrogen-bond acceptors (Lipinski definition) is 7. The van der Waals surface area contributed by atoms with Gasteiger partial charge < -0.3 is 14.4 Å². The van der Waals surface area contributed by atoms with E-state index >= 15 is 0 Å². The molecule has 3 heterocycles. The van der Waals surface area contributed by atoms with Crippen LogP contribution in [-0.4, -0.2) is 58.5 Å². The standard InChI is InChI=1S/C13H15N5O2S/c19-5-8-21-13-15-12(16-17-13)10-1-2-11(14-9-10)18-3-6-20-7-4-18/h1-2,5,9H,3-4,6-8H2,(H,15,16,17). The summed E-state index contributed by atoms with van der Waals surface area (Å²) in [6.07, 6.45) is 2.61. The van der Waals surface area contributed by atoms with E-state index in [1.54, 1.807) is 6.20 Å². The molecule has 2 aromatic heterocycles. The molecule has 0 amide bonds. The monoisotopic (exact) mass is 305 g/mol. The van der Waals surface area contributed by atoms with Crippen LogP contribution in [0.3, 0.4) is 0 Å². The van der Waals surface area contributed by atoms with Crippen LogP contribution in [0.25, 0.3) is 11.4 Å². The van der Waals surface area contributed by atoms with Crippen LogP contribution in [0.1, 0.15) is 0 Å². The lowest BCUT2D eigenvalue weighted by molar-refractivity contribution is -0.105. The van der Waals surface area contributed by atoms with E-state index in [9.17, 15) is 4.79 Å². The number of hydrogen-bond donors (Lipinski definition) is 1. The quantitative estimate of drug-likeness (QED) is 0.651. The van der Waals surface area contributed by atoms with E-state index in [4.69, 9.17) is 4.74 Å². The van der Waals surface area contributed by atoms with Crippen LogP contribution in [0, 0.1) is 0 Å². The highest BCUT2D eigenvalue weighted by Gasteiger charge is 2.13. The Morgan fingerprint density at radius 3 is 2.95 bits per heavy atom. The minimum atomic E-state index is 0.353. The maximum absolute atomic E-state index is 10.3. The second-order valence-electron chi connectivity index (χ2n) is 4.45. The van der Waals surface area contributed by atoms with Crippen LogP contribution in [0.4, 0.5) is 5.82 Å². The first-order chi connectivity index (χ1) is 10.4. The second kappa shape index (κ2) is 6.68. The summed E-state index contributed by atoms with van der Waals surface area (Å²) in [6, 6.07) is 3.94. The summed E-state index contributed by atoms with van der Waals surface area (Å²) in [7, 11) is 0. The molecule has 1 aliphatic rings. The minimum absolute atomic E-state index is 0.353. The van der Waals surface area contributed by atoms with Crippen LogP contribution >= 0.6 is 11.8 Å². The van der Waals surface area contributed by atoms with Crippen molar-refractivity contribution in [3.05, 3.63) is 18.3 Å². The summed E-state index contributed by atoms with van der Waals surface area (Å²) in [5.41, 5.74) is 0.873. The third-order valence-corrected chi connectivity index (χ3v) is 3.85. The second-order valence-corrected chi connectivity index (χ2v) is 5.44. The number of aromatic nitrogens is 4. The molecule has 1 aliphatic heterocycles. The van der Waals surface area contributed by atoms with Gasteiger partial charge in [-0.05, 0) is 12.1 Å². The molecule has 0 aromatic carbocycles. The van der Waals surface area contributed by atoms with Gasteiger partial charge in [-0.25, -0.2) is 9.97 Å². The molecule has 0 bridgehead atoms. The van der Waals surface area contributed by atoms with Crippen molar-refractivity contribution in [3.8, 4) is 11.4 Å². The van der Waals surface area contributed by atoms with Gasteiger partial charge in [0.1, 0.15) is 12.1 Å². The summed E-state index contributed by atoms with van der Waals surface area (Å²) in [6.45, 7) is 3.20. The van der Waals surface area contributed by atoms with Crippen molar-refractivity contribution in [3.63, 3.8) is 0 Å².